The second-order valence-corrected chi connectivity index (χ2v) is 3.41. The van der Waals surface area contributed by atoms with E-state index in [0.717, 1.165) is 0 Å². The maximum Gasteiger partial charge on any atom is 0.341 e. The standard InChI is InChI=1S/C9H11N3O5/c10-6-5-3-1-2-4-12(5)11-7(6)17-8(13)9(14,15)16/h1-4,8,13-16H,10H2. The van der Waals surface area contributed by atoms with Crippen molar-refractivity contribution in [1.82, 2.24) is 9.61 Å². The second-order valence-electron chi connectivity index (χ2n) is 3.41. The van der Waals surface area contributed by atoms with Gasteiger partial charge >= 0.3 is 5.97 Å². The number of rotatable bonds is 3. The Morgan fingerprint density at radius 3 is 2.65 bits per heavy atom. The summed E-state index contributed by atoms with van der Waals surface area (Å²) in [6.45, 7) is 0. The third-order valence-electron chi connectivity index (χ3n) is 2.10. The molecule has 0 aromatic carbocycles. The second kappa shape index (κ2) is 3.86. The van der Waals surface area contributed by atoms with Gasteiger partial charge in [-0.3, -0.25) is 0 Å². The van der Waals surface area contributed by atoms with Crippen LogP contribution in [0.15, 0.2) is 24.4 Å². The highest BCUT2D eigenvalue weighted by atomic mass is 16.7. The van der Waals surface area contributed by atoms with Crippen LogP contribution in [0.4, 0.5) is 5.69 Å². The predicted molar refractivity (Wildman–Crippen MR) is 55.6 cm³/mol. The van der Waals surface area contributed by atoms with E-state index >= 15 is 0 Å². The maximum atomic E-state index is 9.11. The molecule has 17 heavy (non-hydrogen) atoms. The van der Waals surface area contributed by atoms with Crippen molar-refractivity contribution in [2.24, 2.45) is 0 Å². The van der Waals surface area contributed by atoms with E-state index < -0.39 is 12.3 Å². The van der Waals surface area contributed by atoms with Crippen LogP contribution in [0.1, 0.15) is 0 Å². The third-order valence-corrected chi connectivity index (χ3v) is 2.10. The fourth-order valence-electron chi connectivity index (χ4n) is 1.27. The van der Waals surface area contributed by atoms with Gasteiger partial charge in [0, 0.05) is 6.20 Å². The highest BCUT2D eigenvalue weighted by molar-refractivity contribution is 5.74. The van der Waals surface area contributed by atoms with Crippen molar-refractivity contribution in [3.8, 4) is 5.88 Å². The van der Waals surface area contributed by atoms with Gasteiger partial charge in [-0.05, 0) is 12.1 Å². The van der Waals surface area contributed by atoms with E-state index in [9.17, 15) is 0 Å². The van der Waals surface area contributed by atoms with Crippen LogP contribution >= 0.6 is 0 Å². The topological polar surface area (TPSA) is 133 Å². The van der Waals surface area contributed by atoms with Crippen molar-refractivity contribution < 1.29 is 25.2 Å². The Balaban J connectivity index is 2.34. The Kier molecular flexibility index (Phi) is 2.63. The van der Waals surface area contributed by atoms with Crippen LogP contribution < -0.4 is 10.5 Å². The van der Waals surface area contributed by atoms with Gasteiger partial charge in [0.15, 0.2) is 0 Å². The molecule has 0 aliphatic carbocycles. The highest BCUT2D eigenvalue weighted by Gasteiger charge is 2.34. The van der Waals surface area contributed by atoms with Gasteiger partial charge in [0.25, 0.3) is 12.2 Å². The van der Waals surface area contributed by atoms with Crippen LogP contribution in [0.5, 0.6) is 5.88 Å². The summed E-state index contributed by atoms with van der Waals surface area (Å²) in [5, 5.41) is 39.0. The van der Waals surface area contributed by atoms with E-state index in [0.29, 0.717) is 5.52 Å². The van der Waals surface area contributed by atoms with Crippen molar-refractivity contribution >= 4 is 11.2 Å². The Hall–Kier alpha value is -1.87. The molecule has 0 radical (unpaired) electrons. The number of nitrogens with zero attached hydrogens (tertiary/aromatic N) is 2. The summed E-state index contributed by atoms with van der Waals surface area (Å²) in [5.74, 6) is -3.60. The third kappa shape index (κ3) is 2.15. The average molecular weight is 241 g/mol. The zero-order valence-electron chi connectivity index (χ0n) is 8.56. The summed E-state index contributed by atoms with van der Waals surface area (Å²) < 4.78 is 6.02. The smallest absolute Gasteiger partial charge is 0.341 e. The summed E-state index contributed by atoms with van der Waals surface area (Å²) in [6, 6.07) is 5.09. The quantitative estimate of drug-likeness (QED) is 0.402. The molecule has 1 unspecified atom stereocenters. The van der Waals surface area contributed by atoms with Crippen LogP contribution in [0.25, 0.3) is 5.52 Å². The molecule has 2 aromatic rings. The summed E-state index contributed by atoms with van der Waals surface area (Å²) in [4.78, 5) is 0. The number of anilines is 1. The highest BCUT2D eigenvalue weighted by Crippen LogP contribution is 2.26. The van der Waals surface area contributed by atoms with Crippen molar-refractivity contribution in [3.63, 3.8) is 0 Å². The first-order valence-corrected chi connectivity index (χ1v) is 4.64. The molecule has 0 aliphatic rings. The minimum Gasteiger partial charge on any atom is -0.436 e. The van der Waals surface area contributed by atoms with Gasteiger partial charge in [-0.2, -0.15) is 0 Å². The van der Waals surface area contributed by atoms with Crippen molar-refractivity contribution in [1.29, 1.82) is 0 Å². The summed E-state index contributed by atoms with van der Waals surface area (Å²) in [7, 11) is 0. The number of fused-ring (bicyclic) bond motifs is 1. The molecule has 2 heterocycles. The Labute approximate surface area is 95.1 Å². The molecule has 1 atom stereocenters. The van der Waals surface area contributed by atoms with Crippen molar-refractivity contribution in [2.75, 3.05) is 5.73 Å². The molecule has 0 fully saturated rings. The number of aromatic nitrogens is 2. The molecule has 0 aliphatic heterocycles. The molecule has 0 spiro atoms. The predicted octanol–water partition coefficient (Wildman–Crippen LogP) is -1.76. The van der Waals surface area contributed by atoms with Gasteiger partial charge in [-0.25, -0.2) is 4.52 Å². The van der Waals surface area contributed by atoms with Crippen LogP contribution in [-0.4, -0.2) is 42.3 Å². The van der Waals surface area contributed by atoms with E-state index in [2.05, 4.69) is 9.84 Å². The maximum absolute atomic E-state index is 9.11. The van der Waals surface area contributed by atoms with Gasteiger partial charge in [0.1, 0.15) is 5.69 Å². The van der Waals surface area contributed by atoms with Crippen LogP contribution in [0.3, 0.4) is 0 Å². The first-order chi connectivity index (χ1) is 7.89. The number of hydrogen-bond acceptors (Lipinski definition) is 7. The number of nitrogens with two attached hydrogens (primary N) is 1. The normalized spacial score (nSPS) is 13.9. The number of hydrogen-bond donors (Lipinski definition) is 5. The Bertz CT molecular complexity index is 533. The summed E-state index contributed by atoms with van der Waals surface area (Å²) in [5.41, 5.74) is 6.29. The molecule has 0 saturated heterocycles. The molecule has 8 heteroatoms. The zero-order valence-corrected chi connectivity index (χ0v) is 8.56. The monoisotopic (exact) mass is 241 g/mol. The fraction of sp³-hybridized carbons (Fsp3) is 0.222. The summed E-state index contributed by atoms with van der Waals surface area (Å²) >= 11 is 0. The average Bonchev–Trinajstić information content (AvgIpc) is 2.55. The van der Waals surface area contributed by atoms with Crippen molar-refractivity contribution in [3.05, 3.63) is 24.4 Å². The van der Waals surface area contributed by atoms with Gasteiger partial charge < -0.3 is 30.9 Å². The van der Waals surface area contributed by atoms with Gasteiger partial charge in [0.05, 0.1) is 5.52 Å². The lowest BCUT2D eigenvalue weighted by atomic mass is 10.4. The minimum atomic E-state index is -3.39. The number of aliphatic hydroxyl groups excluding tert-OH is 1. The SMILES string of the molecule is Nc1c(OC(O)C(O)(O)O)nn2ccccc12. The van der Waals surface area contributed by atoms with E-state index in [1.165, 1.54) is 4.52 Å². The fourth-order valence-corrected chi connectivity index (χ4v) is 1.27. The van der Waals surface area contributed by atoms with Gasteiger partial charge in [0.2, 0.25) is 0 Å². The number of pyridine rings is 1. The molecule has 2 aromatic heterocycles. The molecular weight excluding hydrogens is 230 g/mol. The van der Waals surface area contributed by atoms with E-state index in [4.69, 9.17) is 26.2 Å². The van der Waals surface area contributed by atoms with E-state index in [1.807, 2.05) is 0 Å². The lowest BCUT2D eigenvalue weighted by molar-refractivity contribution is -0.389. The molecule has 0 amide bonds. The lowest BCUT2D eigenvalue weighted by Crippen LogP contribution is -2.45. The van der Waals surface area contributed by atoms with Gasteiger partial charge in [-0.1, -0.05) is 6.07 Å². The number of nitrogen functional groups attached to an aromatic ring is 1. The van der Waals surface area contributed by atoms with Crippen LogP contribution in [0, 0.1) is 0 Å². The van der Waals surface area contributed by atoms with Crippen LogP contribution in [-0.2, 0) is 0 Å². The molecular formula is C9H11N3O5. The van der Waals surface area contributed by atoms with E-state index in [1.54, 1.807) is 24.4 Å². The first kappa shape index (κ1) is 11.6. The summed E-state index contributed by atoms with van der Waals surface area (Å²) in [6.07, 6.45) is -0.690. The molecule has 0 saturated carbocycles. The molecule has 6 N–H and O–H groups in total. The largest absolute Gasteiger partial charge is 0.436 e. The lowest BCUT2D eigenvalue weighted by Gasteiger charge is -2.20. The van der Waals surface area contributed by atoms with Crippen molar-refractivity contribution in [2.45, 2.75) is 12.3 Å². The molecule has 2 rings (SSSR count). The zero-order chi connectivity index (χ0) is 12.6. The first-order valence-electron chi connectivity index (χ1n) is 4.64. The van der Waals surface area contributed by atoms with E-state index in [-0.39, 0.29) is 11.6 Å². The molecule has 0 bridgehead atoms. The Morgan fingerprint density at radius 1 is 1.35 bits per heavy atom. The number of ether oxygens (including phenoxy) is 1. The number of aliphatic hydroxyl groups is 4. The van der Waals surface area contributed by atoms with Gasteiger partial charge in [-0.15, -0.1) is 5.10 Å². The van der Waals surface area contributed by atoms with Crippen LogP contribution in [0.2, 0.25) is 0 Å². The molecule has 8 nitrogen and oxygen atoms in total. The Morgan fingerprint density at radius 2 is 2.06 bits per heavy atom. The minimum absolute atomic E-state index is 0.105. The molecule has 92 valence electrons.